The van der Waals surface area contributed by atoms with Crippen molar-refractivity contribution >= 4 is 10.0 Å². The van der Waals surface area contributed by atoms with E-state index in [-0.39, 0.29) is 6.04 Å². The van der Waals surface area contributed by atoms with Crippen LogP contribution in [0.2, 0.25) is 0 Å². The molecular weight excluding hydrogens is 272 g/mol. The third-order valence-corrected chi connectivity index (χ3v) is 5.95. The second kappa shape index (κ2) is 5.13. The minimum atomic E-state index is -3.34. The number of sulfonamides is 1. The molecule has 0 aliphatic heterocycles. The van der Waals surface area contributed by atoms with Gasteiger partial charge < -0.3 is 5.32 Å². The van der Waals surface area contributed by atoms with E-state index < -0.39 is 10.0 Å². The third kappa shape index (κ3) is 3.05. The Balaban J connectivity index is 2.09. The average molecular weight is 296 g/mol. The molecule has 0 spiro atoms. The summed E-state index contributed by atoms with van der Waals surface area (Å²) in [5, 5.41) is 3.58. The lowest BCUT2D eigenvalue weighted by atomic mass is 10.1. The zero-order valence-electron chi connectivity index (χ0n) is 12.8. The minimum Gasteiger partial charge on any atom is -0.307 e. The van der Waals surface area contributed by atoms with Gasteiger partial charge in [0.15, 0.2) is 0 Å². The van der Waals surface area contributed by atoms with Gasteiger partial charge in [-0.2, -0.15) is 0 Å². The smallest absolute Gasteiger partial charge is 0.242 e. The first-order valence-corrected chi connectivity index (χ1v) is 8.37. The fourth-order valence-corrected chi connectivity index (χ4v) is 3.19. The summed E-state index contributed by atoms with van der Waals surface area (Å²) in [6, 6.07) is 7.94. The predicted molar refractivity (Wildman–Crippen MR) is 81.1 cm³/mol. The molecule has 4 nitrogen and oxygen atoms in total. The molecule has 112 valence electrons. The maximum Gasteiger partial charge on any atom is 0.242 e. The van der Waals surface area contributed by atoms with E-state index in [0.29, 0.717) is 16.4 Å². The SMILES string of the molecule is CC(NC1CC1(C)C)c1ccc(S(=O)(=O)N(C)C)cc1. The molecule has 20 heavy (non-hydrogen) atoms. The second-order valence-electron chi connectivity index (χ2n) is 6.49. The van der Waals surface area contributed by atoms with E-state index in [9.17, 15) is 8.42 Å². The second-order valence-corrected chi connectivity index (χ2v) is 8.64. The Morgan fingerprint density at radius 1 is 1.25 bits per heavy atom. The van der Waals surface area contributed by atoms with Gasteiger partial charge in [-0.25, -0.2) is 12.7 Å². The summed E-state index contributed by atoms with van der Waals surface area (Å²) in [5.41, 5.74) is 1.51. The molecule has 0 aromatic heterocycles. The van der Waals surface area contributed by atoms with Crippen molar-refractivity contribution in [3.05, 3.63) is 29.8 Å². The number of benzene rings is 1. The predicted octanol–water partition coefficient (Wildman–Crippen LogP) is 2.39. The highest BCUT2D eigenvalue weighted by atomic mass is 32.2. The lowest BCUT2D eigenvalue weighted by Gasteiger charge is -2.17. The van der Waals surface area contributed by atoms with Crippen molar-refractivity contribution in [2.24, 2.45) is 5.41 Å². The highest BCUT2D eigenvalue weighted by Crippen LogP contribution is 2.45. The summed E-state index contributed by atoms with van der Waals surface area (Å²) in [7, 11) is -0.247. The van der Waals surface area contributed by atoms with Crippen molar-refractivity contribution in [3.8, 4) is 0 Å². The molecular formula is C15H24N2O2S. The Labute approximate surface area is 122 Å². The summed E-state index contributed by atoms with van der Waals surface area (Å²) in [6.07, 6.45) is 1.20. The Morgan fingerprint density at radius 2 is 1.75 bits per heavy atom. The van der Waals surface area contributed by atoms with E-state index in [1.165, 1.54) is 10.7 Å². The van der Waals surface area contributed by atoms with Crippen LogP contribution in [0, 0.1) is 5.41 Å². The standard InChI is InChI=1S/C15H24N2O2S/c1-11(16-14-10-15(14,2)3)12-6-8-13(9-7-12)20(18,19)17(4)5/h6-9,11,14,16H,10H2,1-5H3. The van der Waals surface area contributed by atoms with Crippen LogP contribution in [0.5, 0.6) is 0 Å². The van der Waals surface area contributed by atoms with Gasteiger partial charge in [0.1, 0.15) is 0 Å². The van der Waals surface area contributed by atoms with Crippen molar-refractivity contribution in [2.75, 3.05) is 14.1 Å². The molecule has 2 rings (SSSR count). The fraction of sp³-hybridized carbons (Fsp3) is 0.600. The van der Waals surface area contributed by atoms with Gasteiger partial charge in [-0.1, -0.05) is 26.0 Å². The quantitative estimate of drug-likeness (QED) is 0.907. The van der Waals surface area contributed by atoms with Crippen molar-refractivity contribution in [3.63, 3.8) is 0 Å². The number of hydrogen-bond acceptors (Lipinski definition) is 3. The van der Waals surface area contributed by atoms with E-state index in [2.05, 4.69) is 26.1 Å². The Kier molecular flexibility index (Phi) is 3.97. The van der Waals surface area contributed by atoms with E-state index in [1.807, 2.05) is 12.1 Å². The first kappa shape index (κ1) is 15.5. The highest BCUT2D eigenvalue weighted by Gasteiger charge is 2.45. The first-order chi connectivity index (χ1) is 9.14. The van der Waals surface area contributed by atoms with E-state index in [0.717, 1.165) is 5.56 Å². The topological polar surface area (TPSA) is 49.4 Å². The van der Waals surface area contributed by atoms with Crippen LogP contribution in [0.1, 0.15) is 38.8 Å². The third-order valence-electron chi connectivity index (χ3n) is 4.12. The number of nitrogens with zero attached hydrogens (tertiary/aromatic N) is 1. The van der Waals surface area contributed by atoms with Gasteiger partial charge in [-0.3, -0.25) is 0 Å². The van der Waals surface area contributed by atoms with Crippen LogP contribution in [-0.4, -0.2) is 32.9 Å². The van der Waals surface area contributed by atoms with Crippen LogP contribution in [0.15, 0.2) is 29.2 Å². The zero-order valence-corrected chi connectivity index (χ0v) is 13.7. The molecule has 0 amide bonds. The molecule has 1 saturated carbocycles. The van der Waals surface area contributed by atoms with Crippen molar-refractivity contribution in [1.82, 2.24) is 9.62 Å². The molecule has 0 heterocycles. The maximum atomic E-state index is 12.0. The molecule has 1 aliphatic rings. The van der Waals surface area contributed by atoms with Crippen molar-refractivity contribution < 1.29 is 8.42 Å². The zero-order chi connectivity index (χ0) is 15.1. The minimum absolute atomic E-state index is 0.234. The van der Waals surface area contributed by atoms with Crippen LogP contribution < -0.4 is 5.32 Å². The molecule has 0 bridgehead atoms. The molecule has 1 N–H and O–H groups in total. The van der Waals surface area contributed by atoms with Crippen molar-refractivity contribution in [1.29, 1.82) is 0 Å². The Morgan fingerprint density at radius 3 is 2.15 bits per heavy atom. The Hall–Kier alpha value is -0.910. The van der Waals surface area contributed by atoms with Crippen LogP contribution >= 0.6 is 0 Å². The Bertz CT molecular complexity index is 576. The molecule has 2 unspecified atom stereocenters. The molecule has 0 saturated heterocycles. The molecule has 1 aromatic rings. The maximum absolute atomic E-state index is 12.0. The highest BCUT2D eigenvalue weighted by molar-refractivity contribution is 7.89. The summed E-state index contributed by atoms with van der Waals surface area (Å²) in [5.74, 6) is 0. The van der Waals surface area contributed by atoms with E-state index >= 15 is 0 Å². The lowest BCUT2D eigenvalue weighted by Crippen LogP contribution is -2.24. The van der Waals surface area contributed by atoms with Gasteiger partial charge in [-0.05, 0) is 36.5 Å². The van der Waals surface area contributed by atoms with Crippen LogP contribution in [0.25, 0.3) is 0 Å². The first-order valence-electron chi connectivity index (χ1n) is 6.93. The average Bonchev–Trinajstić information content (AvgIpc) is 2.96. The van der Waals surface area contributed by atoms with Gasteiger partial charge in [0, 0.05) is 26.2 Å². The number of hydrogen-bond donors (Lipinski definition) is 1. The molecule has 1 aliphatic carbocycles. The molecule has 1 aromatic carbocycles. The van der Waals surface area contributed by atoms with Crippen molar-refractivity contribution in [2.45, 2.75) is 44.2 Å². The number of nitrogens with one attached hydrogen (secondary N) is 1. The molecule has 0 radical (unpaired) electrons. The molecule has 5 heteroatoms. The van der Waals surface area contributed by atoms with Gasteiger partial charge in [0.2, 0.25) is 10.0 Å². The number of rotatable bonds is 5. The summed E-state index contributed by atoms with van der Waals surface area (Å²) in [4.78, 5) is 0.338. The fourth-order valence-electron chi connectivity index (χ4n) is 2.29. The summed E-state index contributed by atoms with van der Waals surface area (Å²) in [6.45, 7) is 6.62. The van der Waals surface area contributed by atoms with Crippen LogP contribution in [-0.2, 0) is 10.0 Å². The lowest BCUT2D eigenvalue weighted by molar-refractivity contribution is 0.491. The van der Waals surface area contributed by atoms with Crippen LogP contribution in [0.4, 0.5) is 0 Å². The van der Waals surface area contributed by atoms with Gasteiger partial charge in [0.05, 0.1) is 4.90 Å². The van der Waals surface area contributed by atoms with Crippen LogP contribution in [0.3, 0.4) is 0 Å². The van der Waals surface area contributed by atoms with E-state index in [4.69, 9.17) is 0 Å². The van der Waals surface area contributed by atoms with Gasteiger partial charge in [0.25, 0.3) is 0 Å². The summed E-state index contributed by atoms with van der Waals surface area (Å²) < 4.78 is 25.2. The molecule has 1 fully saturated rings. The van der Waals surface area contributed by atoms with Gasteiger partial charge in [-0.15, -0.1) is 0 Å². The van der Waals surface area contributed by atoms with E-state index in [1.54, 1.807) is 26.2 Å². The normalized spacial score (nSPS) is 22.8. The largest absolute Gasteiger partial charge is 0.307 e. The molecule has 2 atom stereocenters. The monoisotopic (exact) mass is 296 g/mol. The summed E-state index contributed by atoms with van der Waals surface area (Å²) >= 11 is 0. The van der Waals surface area contributed by atoms with Gasteiger partial charge >= 0.3 is 0 Å².